The second-order valence-corrected chi connectivity index (χ2v) is 4.41. The van der Waals surface area contributed by atoms with Crippen molar-refractivity contribution in [3.05, 3.63) is 42.0 Å². The average molecular weight is 332 g/mol. The molecule has 9 nitrogen and oxygen atoms in total. The molecular weight excluding hydrogens is 316 g/mol. The van der Waals surface area contributed by atoms with Crippen molar-refractivity contribution in [1.29, 1.82) is 0 Å². The molecule has 2 rings (SSSR count). The summed E-state index contributed by atoms with van der Waals surface area (Å²) in [4.78, 5) is 31.7. The van der Waals surface area contributed by atoms with Crippen LogP contribution in [0.5, 0.6) is 17.2 Å². The van der Waals surface area contributed by atoms with Crippen LogP contribution in [0.4, 0.5) is 0 Å². The monoisotopic (exact) mass is 332 g/mol. The Morgan fingerprint density at radius 2 is 1.50 bits per heavy atom. The fraction of sp³-hybridized carbons (Fsp3) is 0.200. The second-order valence-electron chi connectivity index (χ2n) is 4.41. The van der Waals surface area contributed by atoms with E-state index < -0.39 is 11.8 Å². The molecule has 2 aromatic rings. The number of ether oxygens (including phenoxy) is 3. The van der Waals surface area contributed by atoms with E-state index in [4.69, 9.17) is 14.2 Å². The summed E-state index contributed by atoms with van der Waals surface area (Å²) in [6.45, 7) is 0. The molecule has 0 radical (unpaired) electrons. The number of hydrazine groups is 1. The number of nitrogens with zero attached hydrogens (tertiary/aromatic N) is 2. The Kier molecular flexibility index (Phi) is 5.50. The topological polar surface area (TPSA) is 112 Å². The lowest BCUT2D eigenvalue weighted by Gasteiger charge is -2.14. The maximum atomic E-state index is 12.3. The maximum Gasteiger partial charge on any atom is 0.289 e. The van der Waals surface area contributed by atoms with E-state index >= 15 is 0 Å². The molecule has 9 heteroatoms. The van der Waals surface area contributed by atoms with Crippen LogP contribution in [0, 0.1) is 0 Å². The van der Waals surface area contributed by atoms with Gasteiger partial charge in [0.25, 0.3) is 11.8 Å². The van der Waals surface area contributed by atoms with Gasteiger partial charge in [0.2, 0.25) is 0 Å². The fourth-order valence-corrected chi connectivity index (χ4v) is 1.87. The van der Waals surface area contributed by atoms with Crippen LogP contribution in [0.15, 0.2) is 30.7 Å². The van der Waals surface area contributed by atoms with Crippen LogP contribution in [0.1, 0.15) is 20.8 Å². The van der Waals surface area contributed by atoms with E-state index in [1.54, 1.807) is 0 Å². The normalized spacial score (nSPS) is 9.79. The molecule has 0 saturated carbocycles. The molecule has 0 fully saturated rings. The van der Waals surface area contributed by atoms with E-state index in [0.29, 0.717) is 11.5 Å². The fourth-order valence-electron chi connectivity index (χ4n) is 1.87. The van der Waals surface area contributed by atoms with Crippen LogP contribution in [0.2, 0.25) is 0 Å². The number of carbonyl (C=O) groups excluding carboxylic acids is 2. The predicted octanol–water partition coefficient (Wildman–Crippen LogP) is 0.577. The molecule has 2 amide bonds. The van der Waals surface area contributed by atoms with Crippen molar-refractivity contribution >= 4 is 11.8 Å². The minimum atomic E-state index is -0.601. The highest BCUT2D eigenvalue weighted by Gasteiger charge is 2.18. The molecule has 24 heavy (non-hydrogen) atoms. The molecule has 1 aromatic heterocycles. The summed E-state index contributed by atoms with van der Waals surface area (Å²) in [5, 5.41) is 0. The Labute approximate surface area is 137 Å². The number of rotatable bonds is 5. The smallest absolute Gasteiger partial charge is 0.289 e. The third-order valence-electron chi connectivity index (χ3n) is 3.04. The van der Waals surface area contributed by atoms with Crippen LogP contribution in [-0.2, 0) is 0 Å². The second kappa shape index (κ2) is 7.77. The first-order chi connectivity index (χ1) is 11.6. The Bertz CT molecular complexity index is 736. The van der Waals surface area contributed by atoms with E-state index in [-0.39, 0.29) is 17.0 Å². The summed E-state index contributed by atoms with van der Waals surface area (Å²) < 4.78 is 15.5. The molecule has 0 atom stereocenters. The van der Waals surface area contributed by atoms with Crippen molar-refractivity contribution in [2.75, 3.05) is 21.3 Å². The minimum absolute atomic E-state index is 0.0667. The number of hydrogen-bond acceptors (Lipinski definition) is 7. The van der Waals surface area contributed by atoms with Gasteiger partial charge < -0.3 is 14.2 Å². The van der Waals surface area contributed by atoms with Crippen LogP contribution >= 0.6 is 0 Å². The van der Waals surface area contributed by atoms with Crippen LogP contribution in [0.3, 0.4) is 0 Å². The van der Waals surface area contributed by atoms with Gasteiger partial charge in [-0.1, -0.05) is 0 Å². The first kappa shape index (κ1) is 17.0. The van der Waals surface area contributed by atoms with Crippen molar-refractivity contribution in [1.82, 2.24) is 20.8 Å². The predicted molar refractivity (Wildman–Crippen MR) is 83.1 cm³/mol. The molecule has 0 aliphatic rings. The Hall–Kier alpha value is -3.36. The van der Waals surface area contributed by atoms with Gasteiger partial charge in [-0.25, -0.2) is 4.98 Å². The summed E-state index contributed by atoms with van der Waals surface area (Å²) in [5.41, 5.74) is 4.75. The van der Waals surface area contributed by atoms with E-state index in [1.165, 1.54) is 52.1 Å². The first-order valence-corrected chi connectivity index (χ1v) is 6.77. The molecule has 0 aliphatic heterocycles. The SMILES string of the molecule is COc1cc(OC)c(C(=O)NNC(=O)c2cnccn2)cc1OC. The van der Waals surface area contributed by atoms with Gasteiger partial charge in [-0.3, -0.25) is 25.4 Å². The summed E-state index contributed by atoms with van der Waals surface area (Å²) in [6.07, 6.45) is 4.08. The van der Waals surface area contributed by atoms with E-state index in [9.17, 15) is 9.59 Å². The van der Waals surface area contributed by atoms with Crippen molar-refractivity contribution in [3.8, 4) is 17.2 Å². The Morgan fingerprint density at radius 1 is 0.875 bits per heavy atom. The standard InChI is InChI=1S/C15H16N4O5/c1-22-11-7-13(24-3)12(23-2)6-9(11)14(20)18-19-15(21)10-8-16-4-5-17-10/h4-8H,1-3H3,(H,18,20)(H,19,21). The van der Waals surface area contributed by atoms with Gasteiger partial charge in [0.15, 0.2) is 11.5 Å². The van der Waals surface area contributed by atoms with Gasteiger partial charge in [0.05, 0.1) is 33.1 Å². The van der Waals surface area contributed by atoms with Crippen molar-refractivity contribution in [3.63, 3.8) is 0 Å². The van der Waals surface area contributed by atoms with Gasteiger partial charge in [-0.05, 0) is 0 Å². The van der Waals surface area contributed by atoms with Gasteiger partial charge in [-0.2, -0.15) is 0 Å². The highest BCUT2D eigenvalue weighted by Crippen LogP contribution is 2.34. The third-order valence-corrected chi connectivity index (χ3v) is 3.04. The Balaban J connectivity index is 2.16. The molecule has 1 heterocycles. The maximum absolute atomic E-state index is 12.3. The first-order valence-electron chi connectivity index (χ1n) is 6.77. The summed E-state index contributed by atoms with van der Waals surface area (Å²) in [7, 11) is 4.33. The van der Waals surface area contributed by atoms with Crippen LogP contribution < -0.4 is 25.1 Å². The lowest BCUT2D eigenvalue weighted by molar-refractivity contribution is 0.0841. The molecule has 0 unspecified atom stereocenters. The number of carbonyl (C=O) groups is 2. The molecule has 0 saturated heterocycles. The number of amides is 2. The molecule has 1 aromatic carbocycles. The lowest BCUT2D eigenvalue weighted by atomic mass is 10.1. The number of benzene rings is 1. The average Bonchev–Trinajstić information content (AvgIpc) is 2.65. The van der Waals surface area contributed by atoms with E-state index in [0.717, 1.165) is 0 Å². The molecule has 126 valence electrons. The van der Waals surface area contributed by atoms with Gasteiger partial charge >= 0.3 is 0 Å². The number of aromatic nitrogens is 2. The number of hydrogen-bond donors (Lipinski definition) is 2. The van der Waals surface area contributed by atoms with Crippen molar-refractivity contribution in [2.45, 2.75) is 0 Å². The van der Waals surface area contributed by atoms with Crippen LogP contribution in [-0.4, -0.2) is 43.1 Å². The summed E-state index contributed by atoms with van der Waals surface area (Å²) in [6, 6.07) is 2.96. The number of methoxy groups -OCH3 is 3. The highest BCUT2D eigenvalue weighted by atomic mass is 16.5. The zero-order valence-corrected chi connectivity index (χ0v) is 13.3. The zero-order chi connectivity index (χ0) is 17.5. The van der Waals surface area contributed by atoms with Crippen LogP contribution in [0.25, 0.3) is 0 Å². The van der Waals surface area contributed by atoms with E-state index in [2.05, 4.69) is 20.8 Å². The third kappa shape index (κ3) is 3.69. The molecule has 2 N–H and O–H groups in total. The molecule has 0 bridgehead atoms. The van der Waals surface area contributed by atoms with Crippen molar-refractivity contribution < 1.29 is 23.8 Å². The van der Waals surface area contributed by atoms with Gasteiger partial charge in [0.1, 0.15) is 11.4 Å². The number of nitrogens with one attached hydrogen (secondary N) is 2. The largest absolute Gasteiger partial charge is 0.496 e. The highest BCUT2D eigenvalue weighted by molar-refractivity contribution is 6.00. The van der Waals surface area contributed by atoms with E-state index in [1.807, 2.05) is 0 Å². The zero-order valence-electron chi connectivity index (χ0n) is 13.3. The summed E-state index contributed by atoms with van der Waals surface area (Å²) >= 11 is 0. The molecule has 0 spiro atoms. The summed E-state index contributed by atoms with van der Waals surface area (Å²) in [5.74, 6) is -0.168. The quantitative estimate of drug-likeness (QED) is 0.770. The van der Waals surface area contributed by atoms with Crippen molar-refractivity contribution in [2.24, 2.45) is 0 Å². The molecule has 0 aliphatic carbocycles. The van der Waals surface area contributed by atoms with Gasteiger partial charge in [0, 0.05) is 24.5 Å². The Morgan fingerprint density at radius 3 is 2.08 bits per heavy atom. The van der Waals surface area contributed by atoms with Gasteiger partial charge in [-0.15, -0.1) is 0 Å². The minimum Gasteiger partial charge on any atom is -0.496 e. The molecular formula is C15H16N4O5. The lowest BCUT2D eigenvalue weighted by Crippen LogP contribution is -2.42.